The number of primary amides is 2. The average Bonchev–Trinajstić information content (AvgIpc) is 1.70. The number of nitrogens with zero attached hydrogens (tertiary/aromatic N) is 1. The van der Waals surface area contributed by atoms with E-state index in [1.165, 1.54) is 4.90 Å². The number of aromatic nitrogens is 2. The number of benzene rings is 3. The molecule has 2 saturated heterocycles. The lowest BCUT2D eigenvalue weighted by molar-refractivity contribution is -0.142. The van der Waals surface area contributed by atoms with E-state index in [9.17, 15) is 52.7 Å². The lowest BCUT2D eigenvalue weighted by atomic mass is 9.98. The molecule has 3 aromatic carbocycles. The molecular formula is C67H91N15O12. The van der Waals surface area contributed by atoms with Crippen LogP contribution in [-0.2, 0) is 76.8 Å². The summed E-state index contributed by atoms with van der Waals surface area (Å²) in [5.41, 5.74) is 20.4. The summed E-state index contributed by atoms with van der Waals surface area (Å²) in [5, 5.41) is 26.0. The van der Waals surface area contributed by atoms with E-state index in [-0.39, 0.29) is 76.3 Å². The highest BCUT2D eigenvalue weighted by Gasteiger charge is 2.42. The van der Waals surface area contributed by atoms with Gasteiger partial charge in [-0.1, -0.05) is 108 Å². The fourth-order valence-electron chi connectivity index (χ4n) is 11.9. The molecule has 12 amide bonds. The van der Waals surface area contributed by atoms with Gasteiger partial charge in [0.25, 0.3) is 0 Å². The van der Waals surface area contributed by atoms with Crippen molar-refractivity contribution in [3.8, 4) is 0 Å². The SMILES string of the molecule is CC(C)C[C@H]1NC(=O)[C@H]2CCCN2C(=O)[C@@H](Cc2ccccc2)NC(=O)[C@@H](CC(C)C)NC(=O)[C@@H](CCCN)NC(=O)[C@@H](C(C)C)NC(=O)[C@@H](Cc2c[nH]c3ccccc23)NC(=O)[C@H](CCC(N)=O)NC(=O)[C@H](CC(N)=O)NC(=O)[C@@H](Cc2c[nH]c3ccccc23)NC1=O. The van der Waals surface area contributed by atoms with Crippen LogP contribution in [0.3, 0.4) is 0 Å². The second kappa shape index (κ2) is 33.8. The van der Waals surface area contributed by atoms with E-state index < -0.39 is 156 Å². The Hall–Kier alpha value is -9.66. The van der Waals surface area contributed by atoms with Crippen molar-refractivity contribution in [2.45, 2.75) is 179 Å². The van der Waals surface area contributed by atoms with Crippen LogP contribution in [0.5, 0.6) is 0 Å². The largest absolute Gasteiger partial charge is 0.370 e. The van der Waals surface area contributed by atoms with E-state index >= 15 is 4.79 Å². The Bertz CT molecular complexity index is 3530. The van der Waals surface area contributed by atoms with Gasteiger partial charge in [-0.2, -0.15) is 0 Å². The van der Waals surface area contributed by atoms with Gasteiger partial charge in [-0.25, -0.2) is 0 Å². The molecule has 2 aromatic heterocycles. The number of para-hydroxylation sites is 2. The molecule has 2 fully saturated rings. The van der Waals surface area contributed by atoms with Gasteiger partial charge in [0.05, 0.1) is 6.42 Å². The average molecular weight is 1300 g/mol. The van der Waals surface area contributed by atoms with Crippen molar-refractivity contribution in [1.82, 2.24) is 62.7 Å². The summed E-state index contributed by atoms with van der Waals surface area (Å²) in [6, 6.07) is 8.85. The third kappa shape index (κ3) is 19.9. The monoisotopic (exact) mass is 1300 g/mol. The van der Waals surface area contributed by atoms with Crippen molar-refractivity contribution >= 4 is 92.7 Å². The summed E-state index contributed by atoms with van der Waals surface area (Å²) in [4.78, 5) is 181. The van der Waals surface area contributed by atoms with E-state index in [0.717, 1.165) is 0 Å². The number of carbonyl (C=O) groups is 12. The summed E-state index contributed by atoms with van der Waals surface area (Å²) >= 11 is 0. The number of nitrogens with two attached hydrogens (primary N) is 3. The maximum atomic E-state index is 15.1. The van der Waals surface area contributed by atoms with E-state index in [0.29, 0.717) is 44.9 Å². The quantitative estimate of drug-likeness (QED) is 0.0542. The van der Waals surface area contributed by atoms with Crippen LogP contribution in [0.2, 0.25) is 0 Å². The molecule has 0 radical (unpaired) electrons. The number of fused-ring (bicyclic) bond motifs is 3. The van der Waals surface area contributed by atoms with Gasteiger partial charge in [0.1, 0.15) is 60.4 Å². The Morgan fingerprint density at radius 3 is 1.44 bits per heavy atom. The van der Waals surface area contributed by atoms with Gasteiger partial charge in [0.2, 0.25) is 70.9 Å². The number of rotatable bonds is 19. The van der Waals surface area contributed by atoms with Crippen LogP contribution in [0.15, 0.2) is 91.3 Å². The molecule has 2 aliphatic heterocycles. The second-order valence-electron chi connectivity index (χ2n) is 25.6. The normalized spacial score (nSPS) is 24.0. The highest BCUT2D eigenvalue weighted by atomic mass is 16.2. The lowest BCUT2D eigenvalue weighted by Gasteiger charge is -2.32. The minimum atomic E-state index is -1.84. The summed E-state index contributed by atoms with van der Waals surface area (Å²) in [6.45, 7) is 10.8. The number of aromatic amines is 2. The van der Waals surface area contributed by atoms with Crippen molar-refractivity contribution in [2.75, 3.05) is 13.1 Å². The number of hydrogen-bond donors (Lipinski definition) is 14. The second-order valence-corrected chi connectivity index (χ2v) is 25.6. The number of hydrogen-bond acceptors (Lipinski definition) is 13. The van der Waals surface area contributed by atoms with Crippen LogP contribution >= 0.6 is 0 Å². The molecule has 7 rings (SSSR count). The molecule has 506 valence electrons. The van der Waals surface area contributed by atoms with Crippen LogP contribution in [0.4, 0.5) is 0 Å². The zero-order chi connectivity index (χ0) is 68.3. The van der Waals surface area contributed by atoms with Crippen LogP contribution < -0.4 is 65.1 Å². The first-order valence-corrected chi connectivity index (χ1v) is 32.2. The minimum absolute atomic E-state index is 0.0106. The van der Waals surface area contributed by atoms with Crippen molar-refractivity contribution < 1.29 is 57.5 Å². The summed E-state index contributed by atoms with van der Waals surface area (Å²) in [6.07, 6.45) is 1.90. The van der Waals surface area contributed by atoms with Gasteiger partial charge in [-0.3, -0.25) is 57.5 Å². The van der Waals surface area contributed by atoms with Crippen LogP contribution in [0.25, 0.3) is 21.8 Å². The number of H-pyrrole nitrogens is 2. The van der Waals surface area contributed by atoms with Crippen LogP contribution in [0.1, 0.15) is 116 Å². The van der Waals surface area contributed by atoms with Gasteiger partial charge < -0.3 is 79.9 Å². The summed E-state index contributed by atoms with van der Waals surface area (Å²) < 4.78 is 0. The van der Waals surface area contributed by atoms with Crippen molar-refractivity contribution in [1.29, 1.82) is 0 Å². The maximum Gasteiger partial charge on any atom is 0.246 e. The van der Waals surface area contributed by atoms with Crippen molar-refractivity contribution in [3.05, 3.63) is 108 Å². The molecule has 0 spiro atoms. The van der Waals surface area contributed by atoms with Crippen molar-refractivity contribution in [3.63, 3.8) is 0 Å². The lowest BCUT2D eigenvalue weighted by Crippen LogP contribution is -2.62. The Labute approximate surface area is 545 Å². The van der Waals surface area contributed by atoms with Gasteiger partial charge in [-0.05, 0) is 98.1 Å². The first kappa shape index (κ1) is 71.8. The van der Waals surface area contributed by atoms with E-state index in [2.05, 4.69) is 57.8 Å². The molecule has 10 atom stereocenters. The highest BCUT2D eigenvalue weighted by molar-refractivity contribution is 6.01. The molecule has 4 heterocycles. The molecule has 2 aliphatic rings. The van der Waals surface area contributed by atoms with Gasteiger partial charge >= 0.3 is 0 Å². The first-order valence-electron chi connectivity index (χ1n) is 32.2. The topological polar surface area (TPSA) is 426 Å². The van der Waals surface area contributed by atoms with Crippen molar-refractivity contribution in [2.24, 2.45) is 35.0 Å². The molecule has 0 saturated carbocycles. The predicted octanol–water partition coefficient (Wildman–Crippen LogP) is 0.673. The maximum absolute atomic E-state index is 15.1. The Balaban J connectivity index is 1.32. The number of nitrogens with one attached hydrogen (secondary N) is 11. The zero-order valence-corrected chi connectivity index (χ0v) is 54.1. The van der Waals surface area contributed by atoms with Gasteiger partial charge in [-0.15, -0.1) is 0 Å². The highest BCUT2D eigenvalue weighted by Crippen LogP contribution is 2.24. The molecular weight excluding hydrogens is 1210 g/mol. The molecule has 0 unspecified atom stereocenters. The third-order valence-corrected chi connectivity index (χ3v) is 16.8. The van der Waals surface area contributed by atoms with Crippen LogP contribution in [0, 0.1) is 17.8 Å². The number of carbonyl (C=O) groups excluding carboxylic acids is 12. The minimum Gasteiger partial charge on any atom is -0.370 e. The third-order valence-electron chi connectivity index (χ3n) is 16.8. The molecule has 17 N–H and O–H groups in total. The zero-order valence-electron chi connectivity index (χ0n) is 54.1. The Morgan fingerprint density at radius 1 is 0.479 bits per heavy atom. The number of amides is 12. The fraction of sp³-hybridized carbons (Fsp3) is 0.493. The van der Waals surface area contributed by atoms with E-state index in [1.807, 2.05) is 27.7 Å². The van der Waals surface area contributed by atoms with Gasteiger partial charge in [0, 0.05) is 66.4 Å². The Morgan fingerprint density at radius 2 is 0.915 bits per heavy atom. The molecule has 0 bridgehead atoms. The van der Waals surface area contributed by atoms with E-state index in [4.69, 9.17) is 17.2 Å². The molecule has 27 nitrogen and oxygen atoms in total. The van der Waals surface area contributed by atoms with Crippen LogP contribution in [-0.4, -0.2) is 159 Å². The Kier molecular flexibility index (Phi) is 25.8. The summed E-state index contributed by atoms with van der Waals surface area (Å²) in [7, 11) is 0. The first-order chi connectivity index (χ1) is 44.8. The summed E-state index contributed by atoms with van der Waals surface area (Å²) in [5.74, 6) is -11.5. The van der Waals surface area contributed by atoms with Gasteiger partial charge in [0.15, 0.2) is 0 Å². The molecule has 94 heavy (non-hydrogen) atoms. The molecule has 5 aromatic rings. The molecule has 27 heteroatoms. The smallest absolute Gasteiger partial charge is 0.246 e. The molecule has 0 aliphatic carbocycles. The standard InChI is InChI=1S/C67H91N15O12/c1-36(2)28-48-61(88)80-53(30-39-16-8-7-9-17-39)67(94)82-27-15-23-54(82)65(92)79-49(29-37(3)4)60(87)77-50(31-40-34-71-44-20-12-10-18-42(40)44)62(89)78-52(33-56(70)84)63(90)73-47(24-25-55(69)83)59(86)76-51(32-41-35-72-45-21-13-11-19-43(41)45)64(91)81-57(38(5)6)66(93)74-46(22-14-26-68)58(85)75-48/h7-13,16-21,34-38,46-54,57,71-72H,14-15,22-33,68H2,1-6H3,(H2,69,83)(H2,70,84)(H,73,90)(H,74,93)(H,75,85)(H,76,86)(H,77,87)(H,78,89)(H,79,92)(H,80,88)(H,81,91)/t46-,47+,48-,49-,50-,51-,52+,53-,54-,57-/m1/s1. The fourth-order valence-corrected chi connectivity index (χ4v) is 11.9. The predicted molar refractivity (Wildman–Crippen MR) is 351 cm³/mol. The van der Waals surface area contributed by atoms with E-state index in [1.54, 1.807) is 105 Å².